The van der Waals surface area contributed by atoms with E-state index in [9.17, 15) is 13.2 Å². The molecule has 2 aliphatic carbocycles. The highest BCUT2D eigenvalue weighted by Crippen LogP contribution is 2.31. The molecule has 2 rings (SSSR count). The summed E-state index contributed by atoms with van der Waals surface area (Å²) in [7, 11) is -3.25. The Hall–Kier alpha value is -0.620. The number of hydrogen-bond acceptors (Lipinski definition) is 3. The first kappa shape index (κ1) is 10.9. The predicted molar refractivity (Wildman–Crippen MR) is 53.8 cm³/mol. The second-order valence-electron chi connectivity index (χ2n) is 4.34. The van der Waals surface area contributed by atoms with Gasteiger partial charge in [-0.15, -0.1) is 0 Å². The molecule has 5 nitrogen and oxygen atoms in total. The standard InChI is InChI=1S/C9H15NO4S/c11-9(12)7-2-1-3-8(7)10-15(13,14)6-4-5-6/h6-8,10H,1-5H2,(H,11,12). The molecule has 2 saturated carbocycles. The lowest BCUT2D eigenvalue weighted by Crippen LogP contribution is -2.41. The number of rotatable bonds is 4. The van der Waals surface area contributed by atoms with Gasteiger partial charge in [0.05, 0.1) is 11.2 Å². The van der Waals surface area contributed by atoms with Crippen LogP contribution >= 0.6 is 0 Å². The van der Waals surface area contributed by atoms with E-state index in [-0.39, 0.29) is 5.25 Å². The lowest BCUT2D eigenvalue weighted by Gasteiger charge is -2.17. The molecule has 15 heavy (non-hydrogen) atoms. The van der Waals surface area contributed by atoms with Crippen LogP contribution in [0.2, 0.25) is 0 Å². The molecule has 0 saturated heterocycles. The first-order valence-electron chi connectivity index (χ1n) is 5.24. The van der Waals surface area contributed by atoms with Gasteiger partial charge in [-0.3, -0.25) is 4.79 Å². The van der Waals surface area contributed by atoms with Gasteiger partial charge in [-0.2, -0.15) is 0 Å². The maximum absolute atomic E-state index is 11.6. The molecule has 0 aromatic heterocycles. The van der Waals surface area contributed by atoms with Gasteiger partial charge in [-0.25, -0.2) is 13.1 Å². The third-order valence-corrected chi connectivity index (χ3v) is 5.09. The third-order valence-electron chi connectivity index (χ3n) is 3.11. The normalized spacial score (nSPS) is 31.7. The summed E-state index contributed by atoms with van der Waals surface area (Å²) < 4.78 is 25.8. The Bertz CT molecular complexity index is 360. The molecule has 86 valence electrons. The number of aliphatic carboxylic acids is 1. The van der Waals surface area contributed by atoms with E-state index in [0.29, 0.717) is 25.7 Å². The summed E-state index contributed by atoms with van der Waals surface area (Å²) in [6.07, 6.45) is 3.42. The largest absolute Gasteiger partial charge is 0.481 e. The minimum atomic E-state index is -3.25. The molecular weight excluding hydrogens is 218 g/mol. The fourth-order valence-corrected chi connectivity index (χ4v) is 3.74. The average molecular weight is 233 g/mol. The quantitative estimate of drug-likeness (QED) is 0.732. The third kappa shape index (κ3) is 2.31. The lowest BCUT2D eigenvalue weighted by atomic mass is 10.1. The van der Waals surface area contributed by atoms with Crippen LogP contribution < -0.4 is 4.72 Å². The Morgan fingerprint density at radius 1 is 1.20 bits per heavy atom. The van der Waals surface area contributed by atoms with E-state index < -0.39 is 28.0 Å². The summed E-state index contributed by atoms with van der Waals surface area (Å²) in [5, 5.41) is 8.63. The van der Waals surface area contributed by atoms with Gasteiger partial charge in [0.2, 0.25) is 10.0 Å². The Balaban J connectivity index is 2.01. The average Bonchev–Trinajstić information content (AvgIpc) is 2.88. The van der Waals surface area contributed by atoms with Crippen LogP contribution in [0.15, 0.2) is 0 Å². The van der Waals surface area contributed by atoms with E-state index in [1.807, 2.05) is 0 Å². The number of sulfonamides is 1. The molecule has 2 N–H and O–H groups in total. The molecule has 6 heteroatoms. The van der Waals surface area contributed by atoms with E-state index in [2.05, 4.69) is 4.72 Å². The first-order chi connectivity index (χ1) is 7.00. The van der Waals surface area contributed by atoms with Crippen molar-refractivity contribution in [2.24, 2.45) is 5.92 Å². The van der Waals surface area contributed by atoms with Crippen LogP contribution in [-0.4, -0.2) is 30.8 Å². The monoisotopic (exact) mass is 233 g/mol. The Labute approximate surface area is 88.9 Å². The zero-order valence-electron chi connectivity index (χ0n) is 8.35. The van der Waals surface area contributed by atoms with Gasteiger partial charge in [0.15, 0.2) is 0 Å². The fourth-order valence-electron chi connectivity index (χ4n) is 2.08. The summed E-state index contributed by atoms with van der Waals surface area (Å²) >= 11 is 0. The highest BCUT2D eigenvalue weighted by Gasteiger charge is 2.41. The number of carboxylic acids is 1. The van der Waals surface area contributed by atoms with Crippen molar-refractivity contribution < 1.29 is 18.3 Å². The molecule has 0 spiro atoms. The van der Waals surface area contributed by atoms with Crippen molar-refractivity contribution in [1.82, 2.24) is 4.72 Å². The maximum atomic E-state index is 11.6. The molecule has 0 aromatic carbocycles. The molecule has 0 aromatic rings. The summed E-state index contributed by atoms with van der Waals surface area (Å²) in [4.78, 5) is 10.8. The van der Waals surface area contributed by atoms with Crippen molar-refractivity contribution in [1.29, 1.82) is 0 Å². The van der Waals surface area contributed by atoms with E-state index in [1.165, 1.54) is 0 Å². The molecule has 2 unspecified atom stereocenters. The zero-order chi connectivity index (χ0) is 11.1. The number of carbonyl (C=O) groups is 1. The highest BCUT2D eigenvalue weighted by atomic mass is 32.2. The van der Waals surface area contributed by atoms with E-state index in [1.54, 1.807) is 0 Å². The molecule has 0 heterocycles. The topological polar surface area (TPSA) is 83.5 Å². The van der Waals surface area contributed by atoms with Gasteiger partial charge < -0.3 is 5.11 Å². The van der Waals surface area contributed by atoms with Gasteiger partial charge in [0, 0.05) is 6.04 Å². The second-order valence-corrected chi connectivity index (χ2v) is 6.34. The summed E-state index contributed by atoms with van der Waals surface area (Å²) in [6, 6.07) is -0.395. The smallest absolute Gasteiger partial charge is 0.308 e. The molecule has 0 radical (unpaired) electrons. The zero-order valence-corrected chi connectivity index (χ0v) is 9.16. The lowest BCUT2D eigenvalue weighted by molar-refractivity contribution is -0.141. The van der Waals surface area contributed by atoms with Crippen LogP contribution in [-0.2, 0) is 14.8 Å². The molecule has 2 aliphatic rings. The van der Waals surface area contributed by atoms with Crippen molar-refractivity contribution in [2.45, 2.75) is 43.4 Å². The Morgan fingerprint density at radius 2 is 1.87 bits per heavy atom. The molecule has 0 aliphatic heterocycles. The summed E-state index contributed by atoms with van der Waals surface area (Å²) in [5.41, 5.74) is 0. The predicted octanol–water partition coefficient (Wildman–Crippen LogP) is 0.322. The molecule has 2 atom stereocenters. The SMILES string of the molecule is O=C(O)C1CCCC1NS(=O)(=O)C1CC1. The number of nitrogens with one attached hydrogen (secondary N) is 1. The molecule has 0 amide bonds. The highest BCUT2D eigenvalue weighted by molar-refractivity contribution is 7.90. The minimum Gasteiger partial charge on any atom is -0.481 e. The minimum absolute atomic E-state index is 0.271. The van der Waals surface area contributed by atoms with Gasteiger partial charge in [-0.05, 0) is 25.7 Å². The number of hydrogen-bond donors (Lipinski definition) is 2. The van der Waals surface area contributed by atoms with Crippen LogP contribution in [0.5, 0.6) is 0 Å². The van der Waals surface area contributed by atoms with Crippen LogP contribution in [0.1, 0.15) is 32.1 Å². The van der Waals surface area contributed by atoms with Crippen molar-refractivity contribution in [3.05, 3.63) is 0 Å². The van der Waals surface area contributed by atoms with Gasteiger partial charge in [0.25, 0.3) is 0 Å². The summed E-state index contributed by atoms with van der Waals surface area (Å²) in [6.45, 7) is 0. The number of carboxylic acid groups (broad SMARTS) is 1. The van der Waals surface area contributed by atoms with Crippen molar-refractivity contribution in [3.8, 4) is 0 Å². The van der Waals surface area contributed by atoms with E-state index >= 15 is 0 Å². The van der Waals surface area contributed by atoms with Crippen molar-refractivity contribution in [2.75, 3.05) is 0 Å². The second kappa shape index (κ2) is 3.75. The Morgan fingerprint density at radius 3 is 2.40 bits per heavy atom. The van der Waals surface area contributed by atoms with Crippen molar-refractivity contribution in [3.63, 3.8) is 0 Å². The van der Waals surface area contributed by atoms with Gasteiger partial charge >= 0.3 is 5.97 Å². The molecular formula is C9H15NO4S. The Kier molecular flexibility index (Phi) is 2.72. The van der Waals surface area contributed by atoms with Crippen LogP contribution in [0.25, 0.3) is 0 Å². The van der Waals surface area contributed by atoms with Crippen LogP contribution in [0.3, 0.4) is 0 Å². The van der Waals surface area contributed by atoms with E-state index in [0.717, 1.165) is 6.42 Å². The maximum Gasteiger partial charge on any atom is 0.308 e. The molecule has 2 fully saturated rings. The molecule has 0 bridgehead atoms. The van der Waals surface area contributed by atoms with Gasteiger partial charge in [0.1, 0.15) is 0 Å². The van der Waals surface area contributed by atoms with Crippen LogP contribution in [0, 0.1) is 5.92 Å². The first-order valence-corrected chi connectivity index (χ1v) is 6.79. The van der Waals surface area contributed by atoms with E-state index in [4.69, 9.17) is 5.11 Å². The fraction of sp³-hybridized carbons (Fsp3) is 0.889. The van der Waals surface area contributed by atoms with Gasteiger partial charge in [-0.1, -0.05) is 6.42 Å². The summed E-state index contributed by atoms with van der Waals surface area (Å²) in [5.74, 6) is -1.44. The van der Waals surface area contributed by atoms with Crippen molar-refractivity contribution >= 4 is 16.0 Å². The van der Waals surface area contributed by atoms with Crippen LogP contribution in [0.4, 0.5) is 0 Å².